The molecule has 2 fully saturated rings. The average Bonchev–Trinajstić information content (AvgIpc) is 3.49. The summed E-state index contributed by atoms with van der Waals surface area (Å²) in [5, 5.41) is 3.85. The zero-order chi connectivity index (χ0) is 23.2. The largest absolute Gasteiger partial charge is 0.316 e. The first-order chi connectivity index (χ1) is 16.8. The molecular weight excluding hydrogens is 448 g/mol. The normalized spacial score (nSPS) is 27.3. The van der Waals surface area contributed by atoms with Gasteiger partial charge in [-0.25, -0.2) is 0 Å². The first kappa shape index (κ1) is 24.2. The van der Waals surface area contributed by atoms with Crippen LogP contribution < -0.4 is 5.32 Å². The van der Waals surface area contributed by atoms with Crippen LogP contribution in [0.1, 0.15) is 41.4 Å². The Labute approximate surface area is 209 Å². The Morgan fingerprint density at radius 3 is 1.41 bits per heavy atom. The topological polar surface area (TPSA) is 12.0 Å². The van der Waals surface area contributed by atoms with E-state index in [0.29, 0.717) is 11.8 Å². The molecule has 5 atom stereocenters. The molecule has 0 saturated carbocycles. The van der Waals surface area contributed by atoms with Gasteiger partial charge in [-0.3, -0.25) is 0 Å². The Kier molecular flexibility index (Phi) is 8.50. The Hall–Kier alpha value is -1.52. The number of rotatable bonds is 9. The third-order valence-electron chi connectivity index (χ3n) is 7.98. The van der Waals surface area contributed by atoms with Gasteiger partial charge < -0.3 is 5.32 Å². The SMILES string of the molecule is C[C@H]1CP(CCNCCP2C[C@H](c3ccccc3)[C@@H](c3ccccc3)C2)C[C@@H]1c1ccccc1. The fraction of sp³-hybridized carbons (Fsp3) is 0.419. The van der Waals surface area contributed by atoms with Gasteiger partial charge in [0.1, 0.15) is 0 Å². The highest BCUT2D eigenvalue weighted by atomic mass is 31.1. The molecule has 1 unspecified atom stereocenters. The molecule has 3 aromatic rings. The van der Waals surface area contributed by atoms with E-state index in [1.807, 2.05) is 0 Å². The number of nitrogens with one attached hydrogen (secondary N) is 1. The number of hydrogen-bond donors (Lipinski definition) is 1. The van der Waals surface area contributed by atoms with E-state index >= 15 is 0 Å². The first-order valence-corrected chi connectivity index (χ1v) is 16.9. The van der Waals surface area contributed by atoms with Crippen molar-refractivity contribution < 1.29 is 0 Å². The molecule has 2 heterocycles. The van der Waals surface area contributed by atoms with Crippen molar-refractivity contribution >= 4 is 15.8 Å². The summed E-state index contributed by atoms with van der Waals surface area (Å²) >= 11 is 0. The van der Waals surface area contributed by atoms with Gasteiger partial charge in [-0.1, -0.05) is 97.9 Å². The molecule has 34 heavy (non-hydrogen) atoms. The van der Waals surface area contributed by atoms with Crippen LogP contribution in [0.5, 0.6) is 0 Å². The zero-order valence-corrected chi connectivity index (χ0v) is 22.3. The highest BCUT2D eigenvalue weighted by molar-refractivity contribution is 7.58. The maximum atomic E-state index is 3.85. The van der Waals surface area contributed by atoms with Crippen LogP contribution in [0.3, 0.4) is 0 Å². The van der Waals surface area contributed by atoms with Crippen molar-refractivity contribution in [3.05, 3.63) is 108 Å². The molecular formula is C31H39NP2. The van der Waals surface area contributed by atoms with Crippen LogP contribution in [-0.2, 0) is 0 Å². The van der Waals surface area contributed by atoms with Crippen molar-refractivity contribution in [2.24, 2.45) is 5.92 Å². The van der Waals surface area contributed by atoms with Gasteiger partial charge in [0.2, 0.25) is 0 Å². The summed E-state index contributed by atoms with van der Waals surface area (Å²) in [6.45, 7) is 4.89. The molecule has 0 aliphatic carbocycles. The van der Waals surface area contributed by atoms with Crippen LogP contribution in [0.15, 0.2) is 91.0 Å². The Balaban J connectivity index is 1.09. The summed E-state index contributed by atoms with van der Waals surface area (Å²) in [5.41, 5.74) is 4.65. The fourth-order valence-corrected chi connectivity index (χ4v) is 12.3. The average molecular weight is 488 g/mol. The molecule has 178 valence electrons. The van der Waals surface area contributed by atoms with E-state index in [2.05, 4.69) is 103 Å². The van der Waals surface area contributed by atoms with Gasteiger partial charge in [-0.2, -0.15) is 0 Å². The van der Waals surface area contributed by atoms with E-state index in [1.165, 1.54) is 50.1 Å². The molecule has 3 heteroatoms. The smallest absolute Gasteiger partial charge is 0.000935 e. The van der Waals surface area contributed by atoms with Crippen molar-refractivity contribution in [1.82, 2.24) is 5.32 Å². The van der Waals surface area contributed by atoms with Crippen LogP contribution in [-0.4, -0.2) is 50.1 Å². The summed E-state index contributed by atoms with van der Waals surface area (Å²) < 4.78 is 0. The summed E-state index contributed by atoms with van der Waals surface area (Å²) in [5.74, 6) is 3.01. The minimum atomic E-state index is 0.100. The van der Waals surface area contributed by atoms with Gasteiger partial charge in [0.05, 0.1) is 0 Å². The second-order valence-corrected chi connectivity index (χ2v) is 15.3. The van der Waals surface area contributed by atoms with E-state index < -0.39 is 0 Å². The van der Waals surface area contributed by atoms with Crippen LogP contribution in [0.25, 0.3) is 0 Å². The van der Waals surface area contributed by atoms with Crippen LogP contribution in [0, 0.1) is 5.92 Å². The molecule has 3 aromatic carbocycles. The minimum absolute atomic E-state index is 0.100. The van der Waals surface area contributed by atoms with Crippen molar-refractivity contribution in [3.8, 4) is 0 Å². The molecule has 5 rings (SSSR count). The van der Waals surface area contributed by atoms with Crippen molar-refractivity contribution in [2.75, 3.05) is 50.1 Å². The molecule has 1 N–H and O–H groups in total. The van der Waals surface area contributed by atoms with Gasteiger partial charge in [0.25, 0.3) is 0 Å². The molecule has 0 aromatic heterocycles. The quantitative estimate of drug-likeness (QED) is 0.243. The maximum absolute atomic E-state index is 3.85. The molecule has 1 nitrogen and oxygen atoms in total. The van der Waals surface area contributed by atoms with E-state index in [9.17, 15) is 0 Å². The molecule has 2 saturated heterocycles. The van der Waals surface area contributed by atoms with Crippen LogP contribution in [0.4, 0.5) is 0 Å². The Bertz CT molecular complexity index is 946. The van der Waals surface area contributed by atoms with E-state index in [1.54, 1.807) is 16.7 Å². The second-order valence-electron chi connectivity index (χ2n) is 10.3. The third kappa shape index (κ3) is 5.99. The molecule has 0 radical (unpaired) electrons. The van der Waals surface area contributed by atoms with E-state index in [0.717, 1.165) is 11.8 Å². The Morgan fingerprint density at radius 1 is 0.559 bits per heavy atom. The monoisotopic (exact) mass is 487 g/mol. The second kappa shape index (κ2) is 11.9. The van der Waals surface area contributed by atoms with E-state index in [-0.39, 0.29) is 15.8 Å². The van der Waals surface area contributed by atoms with Crippen molar-refractivity contribution in [1.29, 1.82) is 0 Å². The van der Waals surface area contributed by atoms with Crippen molar-refractivity contribution in [2.45, 2.75) is 24.7 Å². The zero-order valence-electron chi connectivity index (χ0n) is 20.5. The van der Waals surface area contributed by atoms with Gasteiger partial charge in [-0.05, 0) is 90.4 Å². The number of benzene rings is 3. The van der Waals surface area contributed by atoms with Gasteiger partial charge in [0.15, 0.2) is 0 Å². The summed E-state index contributed by atoms with van der Waals surface area (Å²) in [6, 6.07) is 33.8. The van der Waals surface area contributed by atoms with Gasteiger partial charge in [-0.15, -0.1) is 15.8 Å². The predicted octanol–water partition coefficient (Wildman–Crippen LogP) is 7.55. The molecule has 0 amide bonds. The minimum Gasteiger partial charge on any atom is -0.316 e. The standard InChI is InChI=1S/C31H39NP2/c1-25-21-33(22-29(25)26-11-5-2-6-12-26)19-17-32-18-20-34-23-30(27-13-7-3-8-14-27)31(24-34)28-15-9-4-10-16-28/h2-16,25,29-32H,17-24H2,1H3/t25-,29-,30+,31+,33?/m0/s1. The fourth-order valence-electron chi connectivity index (χ4n) is 6.13. The van der Waals surface area contributed by atoms with E-state index in [4.69, 9.17) is 0 Å². The first-order valence-electron chi connectivity index (χ1n) is 13.1. The predicted molar refractivity (Wildman–Crippen MR) is 153 cm³/mol. The lowest BCUT2D eigenvalue weighted by Crippen LogP contribution is -2.21. The highest BCUT2D eigenvalue weighted by Crippen LogP contribution is 2.56. The maximum Gasteiger partial charge on any atom is -0.000935 e. The lowest BCUT2D eigenvalue weighted by Gasteiger charge is -2.20. The third-order valence-corrected chi connectivity index (χ3v) is 13.5. The van der Waals surface area contributed by atoms with Crippen LogP contribution >= 0.6 is 15.8 Å². The number of hydrogen-bond acceptors (Lipinski definition) is 1. The lowest BCUT2D eigenvalue weighted by molar-refractivity contribution is 0.574. The van der Waals surface area contributed by atoms with Crippen LogP contribution in [0.2, 0.25) is 0 Å². The molecule has 0 spiro atoms. The summed E-state index contributed by atoms with van der Waals surface area (Å²) in [4.78, 5) is 0. The molecule has 0 bridgehead atoms. The Morgan fingerprint density at radius 2 is 0.941 bits per heavy atom. The van der Waals surface area contributed by atoms with Gasteiger partial charge in [0, 0.05) is 0 Å². The van der Waals surface area contributed by atoms with Gasteiger partial charge >= 0.3 is 0 Å². The summed E-state index contributed by atoms with van der Waals surface area (Å²) in [6.07, 6.45) is 8.46. The highest BCUT2D eigenvalue weighted by Gasteiger charge is 2.35. The summed E-state index contributed by atoms with van der Waals surface area (Å²) in [7, 11) is 0.294. The molecule has 2 aliphatic rings. The lowest BCUT2D eigenvalue weighted by atomic mass is 9.84. The van der Waals surface area contributed by atoms with Crippen molar-refractivity contribution in [3.63, 3.8) is 0 Å². The molecule has 2 aliphatic heterocycles.